The van der Waals surface area contributed by atoms with Crippen LogP contribution in [0.4, 0.5) is 0 Å². The summed E-state index contributed by atoms with van der Waals surface area (Å²) in [5.74, 6) is -0.525. The molecule has 5 nitrogen and oxygen atoms in total. The molecule has 0 radical (unpaired) electrons. The first-order chi connectivity index (χ1) is 8.63. The molecule has 0 spiro atoms. The molecule has 1 aromatic rings. The summed E-state index contributed by atoms with van der Waals surface area (Å²) in [6.45, 7) is 2.03. The third-order valence-corrected chi connectivity index (χ3v) is 2.48. The van der Waals surface area contributed by atoms with Crippen molar-refractivity contribution < 1.29 is 14.3 Å². The Kier molecular flexibility index (Phi) is 5.87. The zero-order chi connectivity index (χ0) is 13.4. The highest BCUT2D eigenvalue weighted by Gasteiger charge is 2.12. The Morgan fingerprint density at radius 1 is 1.22 bits per heavy atom. The van der Waals surface area contributed by atoms with Crippen LogP contribution in [0.5, 0.6) is 0 Å². The smallest absolute Gasteiger partial charge is 0.249 e. The first-order valence-electron chi connectivity index (χ1n) is 5.74. The number of carbonyl (C=O) groups is 2. The van der Waals surface area contributed by atoms with E-state index >= 15 is 0 Å². The van der Waals surface area contributed by atoms with Gasteiger partial charge in [0, 0.05) is 13.7 Å². The van der Waals surface area contributed by atoms with Crippen LogP contribution in [0.2, 0.25) is 0 Å². The molecule has 0 aliphatic carbocycles. The fourth-order valence-corrected chi connectivity index (χ4v) is 1.28. The van der Waals surface area contributed by atoms with Crippen LogP contribution in [0, 0.1) is 0 Å². The lowest BCUT2D eigenvalue weighted by Gasteiger charge is -2.10. The SMILES string of the molecule is COC(C)C(=O)NCC(=O)NCc1ccccc1. The standard InChI is InChI=1S/C13H18N2O3/c1-10(18-2)13(17)15-9-12(16)14-8-11-6-4-3-5-7-11/h3-7,10H,8-9H2,1-2H3,(H,14,16)(H,15,17). The molecule has 5 heteroatoms. The lowest BCUT2D eigenvalue weighted by atomic mass is 10.2. The normalized spacial score (nSPS) is 11.7. The minimum absolute atomic E-state index is 0.0423. The Hall–Kier alpha value is -1.88. The molecular weight excluding hydrogens is 232 g/mol. The van der Waals surface area contributed by atoms with Crippen molar-refractivity contribution in [3.63, 3.8) is 0 Å². The van der Waals surface area contributed by atoms with E-state index in [1.165, 1.54) is 7.11 Å². The van der Waals surface area contributed by atoms with Crippen LogP contribution in [0.25, 0.3) is 0 Å². The molecule has 1 rings (SSSR count). The molecule has 0 aliphatic heterocycles. The molecule has 2 amide bonds. The number of hydrogen-bond acceptors (Lipinski definition) is 3. The molecule has 0 bridgehead atoms. The Labute approximate surface area is 107 Å². The zero-order valence-electron chi connectivity index (χ0n) is 10.6. The van der Waals surface area contributed by atoms with Crippen LogP contribution in [-0.2, 0) is 20.9 Å². The van der Waals surface area contributed by atoms with E-state index in [1.54, 1.807) is 6.92 Å². The Morgan fingerprint density at radius 3 is 2.50 bits per heavy atom. The van der Waals surface area contributed by atoms with Gasteiger partial charge < -0.3 is 15.4 Å². The van der Waals surface area contributed by atoms with E-state index in [1.807, 2.05) is 30.3 Å². The van der Waals surface area contributed by atoms with Gasteiger partial charge in [-0.05, 0) is 12.5 Å². The fourth-order valence-electron chi connectivity index (χ4n) is 1.28. The molecule has 0 aliphatic rings. The van der Waals surface area contributed by atoms with Crippen molar-refractivity contribution in [1.82, 2.24) is 10.6 Å². The van der Waals surface area contributed by atoms with E-state index in [-0.39, 0.29) is 18.4 Å². The maximum Gasteiger partial charge on any atom is 0.249 e. The highest BCUT2D eigenvalue weighted by Crippen LogP contribution is 1.96. The lowest BCUT2D eigenvalue weighted by Crippen LogP contribution is -2.41. The topological polar surface area (TPSA) is 67.4 Å². The van der Waals surface area contributed by atoms with E-state index in [4.69, 9.17) is 4.74 Å². The monoisotopic (exact) mass is 250 g/mol. The lowest BCUT2D eigenvalue weighted by molar-refractivity contribution is -0.132. The number of ether oxygens (including phenoxy) is 1. The largest absolute Gasteiger partial charge is 0.372 e. The second kappa shape index (κ2) is 7.45. The fraction of sp³-hybridized carbons (Fsp3) is 0.385. The third kappa shape index (κ3) is 4.97. The summed E-state index contributed by atoms with van der Waals surface area (Å²) in [5.41, 5.74) is 1.02. The summed E-state index contributed by atoms with van der Waals surface area (Å²) in [4.78, 5) is 22.8. The molecule has 2 N–H and O–H groups in total. The summed E-state index contributed by atoms with van der Waals surface area (Å²) in [6.07, 6.45) is -0.549. The van der Waals surface area contributed by atoms with Gasteiger partial charge in [-0.25, -0.2) is 0 Å². The van der Waals surface area contributed by atoms with Crippen LogP contribution in [-0.4, -0.2) is 31.6 Å². The second-order valence-corrected chi connectivity index (χ2v) is 3.86. The number of carbonyl (C=O) groups excluding carboxylic acids is 2. The first kappa shape index (κ1) is 14.2. The van der Waals surface area contributed by atoms with E-state index in [0.29, 0.717) is 6.54 Å². The maximum absolute atomic E-state index is 11.5. The third-order valence-electron chi connectivity index (χ3n) is 2.48. The van der Waals surface area contributed by atoms with Crippen molar-refractivity contribution in [3.05, 3.63) is 35.9 Å². The van der Waals surface area contributed by atoms with Crippen molar-refractivity contribution in [2.45, 2.75) is 19.6 Å². The van der Waals surface area contributed by atoms with Gasteiger partial charge in [0.15, 0.2) is 0 Å². The van der Waals surface area contributed by atoms with Gasteiger partial charge in [0.1, 0.15) is 6.10 Å². The van der Waals surface area contributed by atoms with Gasteiger partial charge in [-0.2, -0.15) is 0 Å². The maximum atomic E-state index is 11.5. The summed E-state index contributed by atoms with van der Waals surface area (Å²) < 4.78 is 4.83. The van der Waals surface area contributed by atoms with Gasteiger partial charge in [0.2, 0.25) is 11.8 Å². The predicted molar refractivity (Wildman–Crippen MR) is 67.8 cm³/mol. The first-order valence-corrected chi connectivity index (χ1v) is 5.74. The highest BCUT2D eigenvalue weighted by molar-refractivity contribution is 5.86. The van der Waals surface area contributed by atoms with Crippen LogP contribution < -0.4 is 10.6 Å². The molecule has 18 heavy (non-hydrogen) atoms. The second-order valence-electron chi connectivity index (χ2n) is 3.86. The van der Waals surface area contributed by atoms with Gasteiger partial charge in [0.25, 0.3) is 0 Å². The number of benzene rings is 1. The van der Waals surface area contributed by atoms with Gasteiger partial charge in [0.05, 0.1) is 6.54 Å². The minimum atomic E-state index is -0.549. The van der Waals surface area contributed by atoms with E-state index < -0.39 is 6.10 Å². The van der Waals surface area contributed by atoms with Crippen LogP contribution in [0.3, 0.4) is 0 Å². The Morgan fingerprint density at radius 2 is 1.89 bits per heavy atom. The molecule has 1 unspecified atom stereocenters. The molecular formula is C13H18N2O3. The van der Waals surface area contributed by atoms with Crippen LogP contribution in [0.1, 0.15) is 12.5 Å². The average Bonchev–Trinajstić information content (AvgIpc) is 2.42. The molecule has 0 saturated heterocycles. The van der Waals surface area contributed by atoms with Gasteiger partial charge >= 0.3 is 0 Å². The Balaban J connectivity index is 2.24. The van der Waals surface area contributed by atoms with Crippen molar-refractivity contribution in [3.8, 4) is 0 Å². The van der Waals surface area contributed by atoms with Gasteiger partial charge in [-0.1, -0.05) is 30.3 Å². The van der Waals surface area contributed by atoms with E-state index in [9.17, 15) is 9.59 Å². The molecule has 0 aromatic heterocycles. The van der Waals surface area contributed by atoms with Gasteiger partial charge in [-0.3, -0.25) is 9.59 Å². The number of nitrogens with one attached hydrogen (secondary N) is 2. The van der Waals surface area contributed by atoms with Crippen molar-refractivity contribution >= 4 is 11.8 Å². The molecule has 1 atom stereocenters. The van der Waals surface area contributed by atoms with E-state index in [0.717, 1.165) is 5.56 Å². The molecule has 1 aromatic carbocycles. The van der Waals surface area contributed by atoms with Crippen molar-refractivity contribution in [1.29, 1.82) is 0 Å². The summed E-state index contributed by atoms with van der Waals surface area (Å²) in [6, 6.07) is 9.57. The number of methoxy groups -OCH3 is 1. The van der Waals surface area contributed by atoms with Crippen LogP contribution >= 0.6 is 0 Å². The number of amides is 2. The summed E-state index contributed by atoms with van der Waals surface area (Å²) in [5, 5.41) is 5.21. The average molecular weight is 250 g/mol. The van der Waals surface area contributed by atoms with E-state index in [2.05, 4.69) is 10.6 Å². The number of rotatable bonds is 6. The number of hydrogen-bond donors (Lipinski definition) is 2. The van der Waals surface area contributed by atoms with Gasteiger partial charge in [-0.15, -0.1) is 0 Å². The Bertz CT molecular complexity index is 392. The molecule has 98 valence electrons. The highest BCUT2D eigenvalue weighted by atomic mass is 16.5. The van der Waals surface area contributed by atoms with Crippen molar-refractivity contribution in [2.24, 2.45) is 0 Å². The predicted octanol–water partition coefficient (Wildman–Crippen LogP) is 0.454. The quantitative estimate of drug-likeness (QED) is 0.770. The molecule has 0 heterocycles. The zero-order valence-corrected chi connectivity index (χ0v) is 10.6. The summed E-state index contributed by atoms with van der Waals surface area (Å²) in [7, 11) is 1.44. The van der Waals surface area contributed by atoms with Crippen molar-refractivity contribution in [2.75, 3.05) is 13.7 Å². The minimum Gasteiger partial charge on any atom is -0.372 e. The van der Waals surface area contributed by atoms with Crippen LogP contribution in [0.15, 0.2) is 30.3 Å². The molecule has 0 saturated carbocycles. The molecule has 0 fully saturated rings. The summed E-state index contributed by atoms with van der Waals surface area (Å²) >= 11 is 0.